The van der Waals surface area contributed by atoms with E-state index in [4.69, 9.17) is 4.42 Å². The molecular formula is C22H22N4O4. The molecule has 3 aromatic heterocycles. The van der Waals surface area contributed by atoms with Gasteiger partial charge in [0.15, 0.2) is 5.58 Å². The number of aryl methyl sites for hydroxylation is 2. The van der Waals surface area contributed by atoms with Crippen LogP contribution in [0.4, 0.5) is 0 Å². The number of rotatable bonds is 5. The van der Waals surface area contributed by atoms with Gasteiger partial charge in [0.2, 0.25) is 5.43 Å². The van der Waals surface area contributed by atoms with Gasteiger partial charge in [-0.05, 0) is 45.0 Å². The molecule has 8 nitrogen and oxygen atoms in total. The van der Waals surface area contributed by atoms with Crippen LogP contribution in [-0.2, 0) is 13.1 Å². The Bertz CT molecular complexity index is 1380. The third-order valence-electron chi connectivity index (χ3n) is 5.05. The molecule has 1 atom stereocenters. The van der Waals surface area contributed by atoms with E-state index < -0.39 is 17.7 Å². The van der Waals surface area contributed by atoms with Crippen molar-refractivity contribution in [2.24, 2.45) is 0 Å². The van der Waals surface area contributed by atoms with Crippen LogP contribution in [0.2, 0.25) is 0 Å². The zero-order chi connectivity index (χ0) is 21.4. The summed E-state index contributed by atoms with van der Waals surface area (Å²) >= 11 is 0. The highest BCUT2D eigenvalue weighted by molar-refractivity contribution is 5.97. The number of pyridine rings is 2. The standard InChI is InChI=1S/C22H22N4O4/c1-4-25-12-16(19(27)15-10-9-13(2)23-20(15)25)21(28)24-14(3)11-26-17-7-5-6-8-18(17)30-22(26)29/h5-10,12,14H,4,11H2,1-3H3,(H,24,28)/t14-/m1/s1. The third-order valence-corrected chi connectivity index (χ3v) is 5.05. The number of benzene rings is 1. The Kier molecular flexibility index (Phi) is 4.99. The summed E-state index contributed by atoms with van der Waals surface area (Å²) in [6, 6.07) is 10.2. The van der Waals surface area contributed by atoms with E-state index in [0.717, 1.165) is 5.69 Å². The lowest BCUT2D eigenvalue weighted by atomic mass is 10.1. The van der Waals surface area contributed by atoms with Gasteiger partial charge in [0.05, 0.1) is 10.9 Å². The number of fused-ring (bicyclic) bond motifs is 2. The maximum Gasteiger partial charge on any atom is 0.420 e. The highest BCUT2D eigenvalue weighted by Crippen LogP contribution is 2.13. The van der Waals surface area contributed by atoms with Gasteiger partial charge in [-0.3, -0.25) is 14.2 Å². The molecule has 0 aliphatic rings. The number of amides is 1. The minimum atomic E-state index is -0.488. The average molecular weight is 406 g/mol. The van der Waals surface area contributed by atoms with Crippen LogP contribution in [-0.4, -0.2) is 26.1 Å². The zero-order valence-electron chi connectivity index (χ0n) is 17.0. The molecule has 0 saturated carbocycles. The van der Waals surface area contributed by atoms with Crippen molar-refractivity contribution in [1.82, 2.24) is 19.4 Å². The molecule has 0 fully saturated rings. The number of para-hydroxylation sites is 2. The molecule has 1 N–H and O–H groups in total. The van der Waals surface area contributed by atoms with Crippen molar-refractivity contribution in [2.75, 3.05) is 0 Å². The van der Waals surface area contributed by atoms with Crippen LogP contribution < -0.4 is 16.5 Å². The number of oxazole rings is 1. The van der Waals surface area contributed by atoms with E-state index in [1.54, 1.807) is 48.0 Å². The van der Waals surface area contributed by atoms with Gasteiger partial charge in [0.1, 0.15) is 11.2 Å². The van der Waals surface area contributed by atoms with Crippen molar-refractivity contribution in [3.63, 3.8) is 0 Å². The smallest absolute Gasteiger partial charge is 0.408 e. The second-order valence-electron chi connectivity index (χ2n) is 7.30. The van der Waals surface area contributed by atoms with Gasteiger partial charge in [0, 0.05) is 31.0 Å². The monoisotopic (exact) mass is 406 g/mol. The summed E-state index contributed by atoms with van der Waals surface area (Å²) in [5.41, 5.74) is 2.19. The van der Waals surface area contributed by atoms with Crippen molar-refractivity contribution < 1.29 is 9.21 Å². The van der Waals surface area contributed by atoms with Gasteiger partial charge in [-0.1, -0.05) is 12.1 Å². The zero-order valence-corrected chi connectivity index (χ0v) is 17.0. The quantitative estimate of drug-likeness (QED) is 0.549. The fourth-order valence-electron chi connectivity index (χ4n) is 3.57. The van der Waals surface area contributed by atoms with Crippen LogP contribution in [0.3, 0.4) is 0 Å². The SMILES string of the molecule is CCn1cc(C(=O)N[C@H](C)Cn2c(=O)oc3ccccc32)c(=O)c2ccc(C)nc21. The summed E-state index contributed by atoms with van der Waals surface area (Å²) in [7, 11) is 0. The predicted octanol–water partition coefficient (Wildman–Crippen LogP) is 2.45. The lowest BCUT2D eigenvalue weighted by Gasteiger charge is -2.16. The normalized spacial score (nSPS) is 12.4. The second kappa shape index (κ2) is 7.62. The largest absolute Gasteiger partial charge is 0.420 e. The number of carbonyl (C=O) groups excluding carboxylic acids is 1. The molecule has 3 heterocycles. The Morgan fingerprint density at radius 3 is 2.73 bits per heavy atom. The first-order chi connectivity index (χ1) is 14.4. The minimum Gasteiger partial charge on any atom is -0.408 e. The number of nitrogens with zero attached hydrogens (tertiary/aromatic N) is 3. The van der Waals surface area contributed by atoms with E-state index in [2.05, 4.69) is 10.3 Å². The molecule has 1 aromatic carbocycles. The molecule has 4 rings (SSSR count). The maximum atomic E-state index is 12.9. The maximum absolute atomic E-state index is 12.9. The fourth-order valence-corrected chi connectivity index (χ4v) is 3.57. The molecule has 1 amide bonds. The molecule has 8 heteroatoms. The number of carbonyl (C=O) groups is 1. The molecule has 154 valence electrons. The molecule has 4 aromatic rings. The number of aromatic nitrogens is 3. The van der Waals surface area contributed by atoms with Crippen LogP contribution in [0, 0.1) is 6.92 Å². The Hall–Kier alpha value is -3.68. The number of hydrogen-bond donors (Lipinski definition) is 1. The van der Waals surface area contributed by atoms with Crippen LogP contribution in [0.1, 0.15) is 29.9 Å². The van der Waals surface area contributed by atoms with Gasteiger partial charge >= 0.3 is 5.76 Å². The average Bonchev–Trinajstić information content (AvgIpc) is 3.03. The molecule has 0 spiro atoms. The predicted molar refractivity (Wildman–Crippen MR) is 114 cm³/mol. The summed E-state index contributed by atoms with van der Waals surface area (Å²) in [4.78, 5) is 42.4. The van der Waals surface area contributed by atoms with E-state index in [0.29, 0.717) is 28.7 Å². The second-order valence-corrected chi connectivity index (χ2v) is 7.30. The Morgan fingerprint density at radius 2 is 1.97 bits per heavy atom. The van der Waals surface area contributed by atoms with Crippen LogP contribution in [0.25, 0.3) is 22.1 Å². The fraction of sp³-hybridized carbons (Fsp3) is 0.273. The van der Waals surface area contributed by atoms with E-state index >= 15 is 0 Å². The minimum absolute atomic E-state index is 0.0475. The summed E-state index contributed by atoms with van der Waals surface area (Å²) in [6.07, 6.45) is 1.54. The van der Waals surface area contributed by atoms with Crippen molar-refractivity contribution in [3.05, 3.63) is 74.6 Å². The first-order valence-corrected chi connectivity index (χ1v) is 9.79. The van der Waals surface area contributed by atoms with Crippen LogP contribution in [0.15, 0.2) is 56.6 Å². The highest BCUT2D eigenvalue weighted by atomic mass is 16.4. The van der Waals surface area contributed by atoms with Crippen molar-refractivity contribution in [2.45, 2.75) is 39.9 Å². The summed E-state index contributed by atoms with van der Waals surface area (Å²) in [5.74, 6) is -0.976. The van der Waals surface area contributed by atoms with Crippen molar-refractivity contribution in [1.29, 1.82) is 0 Å². The van der Waals surface area contributed by atoms with Gasteiger partial charge < -0.3 is 14.3 Å². The van der Waals surface area contributed by atoms with E-state index in [1.807, 2.05) is 19.9 Å². The number of hydrogen-bond acceptors (Lipinski definition) is 5. The van der Waals surface area contributed by atoms with E-state index in [1.165, 1.54) is 4.57 Å². The highest BCUT2D eigenvalue weighted by Gasteiger charge is 2.19. The van der Waals surface area contributed by atoms with Crippen molar-refractivity contribution >= 4 is 28.0 Å². The third kappa shape index (κ3) is 3.41. The summed E-state index contributed by atoms with van der Waals surface area (Å²) in [6.45, 7) is 6.34. The first kappa shape index (κ1) is 19.6. The Labute approximate surface area is 171 Å². The molecule has 0 bridgehead atoms. The van der Waals surface area contributed by atoms with Crippen LogP contribution in [0.5, 0.6) is 0 Å². The first-order valence-electron chi connectivity index (χ1n) is 9.79. The molecule has 0 radical (unpaired) electrons. The topological polar surface area (TPSA) is 99.1 Å². The lowest BCUT2D eigenvalue weighted by molar-refractivity contribution is 0.0934. The Morgan fingerprint density at radius 1 is 1.20 bits per heavy atom. The Balaban J connectivity index is 1.63. The molecule has 30 heavy (non-hydrogen) atoms. The molecule has 0 saturated heterocycles. The molecule has 0 aliphatic heterocycles. The van der Waals surface area contributed by atoms with E-state index in [-0.39, 0.29) is 17.5 Å². The summed E-state index contributed by atoms with van der Waals surface area (Å²) in [5, 5.41) is 3.22. The van der Waals surface area contributed by atoms with Gasteiger partial charge in [0.25, 0.3) is 5.91 Å². The molecular weight excluding hydrogens is 384 g/mol. The van der Waals surface area contributed by atoms with Crippen molar-refractivity contribution in [3.8, 4) is 0 Å². The lowest BCUT2D eigenvalue weighted by Crippen LogP contribution is -2.39. The van der Waals surface area contributed by atoms with E-state index in [9.17, 15) is 14.4 Å². The van der Waals surface area contributed by atoms with Crippen LogP contribution >= 0.6 is 0 Å². The number of nitrogens with one attached hydrogen (secondary N) is 1. The van der Waals surface area contributed by atoms with Gasteiger partial charge in [-0.2, -0.15) is 0 Å². The molecule has 0 aliphatic carbocycles. The molecule has 0 unspecified atom stereocenters. The van der Waals surface area contributed by atoms with Gasteiger partial charge in [-0.25, -0.2) is 9.78 Å². The summed E-state index contributed by atoms with van der Waals surface area (Å²) < 4.78 is 8.49. The van der Waals surface area contributed by atoms with Gasteiger partial charge in [-0.15, -0.1) is 0 Å².